The van der Waals surface area contributed by atoms with Crippen LogP contribution in [-0.4, -0.2) is 14.9 Å². The van der Waals surface area contributed by atoms with Crippen molar-refractivity contribution in [2.45, 2.75) is 29.0 Å². The second kappa shape index (κ2) is 8.44. The van der Waals surface area contributed by atoms with E-state index in [0.29, 0.717) is 17.9 Å². The van der Waals surface area contributed by atoms with Gasteiger partial charge in [-0.15, -0.1) is 0 Å². The minimum atomic E-state index is -1.50. The van der Waals surface area contributed by atoms with Gasteiger partial charge >= 0.3 is 5.97 Å². The summed E-state index contributed by atoms with van der Waals surface area (Å²) in [6.07, 6.45) is 1.45. The van der Waals surface area contributed by atoms with Crippen LogP contribution in [0, 0.1) is 0 Å². The highest BCUT2D eigenvalue weighted by Gasteiger charge is 2.35. The van der Waals surface area contributed by atoms with Gasteiger partial charge in [-0.1, -0.05) is 82.8 Å². The van der Waals surface area contributed by atoms with E-state index in [1.54, 1.807) is 12.1 Å². The Bertz CT molecular complexity index is 676. The summed E-state index contributed by atoms with van der Waals surface area (Å²) < 4.78 is -1.50. The van der Waals surface area contributed by atoms with E-state index in [4.69, 9.17) is 51.5 Å². The molecular weight excluding hydrogens is 390 g/mol. The summed E-state index contributed by atoms with van der Waals surface area (Å²) in [4.78, 5) is 10.6. The summed E-state index contributed by atoms with van der Waals surface area (Å²) in [7, 11) is 0. The molecule has 6 heteroatoms. The van der Waals surface area contributed by atoms with Crippen LogP contribution in [0.2, 0.25) is 5.02 Å². The van der Waals surface area contributed by atoms with Gasteiger partial charge in [-0.3, -0.25) is 4.79 Å². The smallest absolute Gasteiger partial charge is 0.303 e. The van der Waals surface area contributed by atoms with Crippen LogP contribution in [0.25, 0.3) is 0 Å². The Kier molecular flexibility index (Phi) is 6.82. The zero-order valence-electron chi connectivity index (χ0n) is 12.7. The second-order valence-corrected chi connectivity index (χ2v) is 8.32. The first-order valence-electron chi connectivity index (χ1n) is 7.40. The molecule has 2 rings (SSSR count). The SMILES string of the molecule is O=C(O)CCCc1ccc(C(c2ccc(Cl)cc2)C(Cl)(Cl)Cl)cc1. The monoisotopic (exact) mass is 404 g/mol. The molecule has 0 saturated carbocycles. The normalized spacial score (nSPS) is 12.8. The maximum atomic E-state index is 10.6. The Labute approximate surface area is 161 Å². The van der Waals surface area contributed by atoms with Gasteiger partial charge in [-0.05, 0) is 41.7 Å². The zero-order chi connectivity index (χ0) is 17.7. The van der Waals surface area contributed by atoms with Crippen molar-refractivity contribution in [2.75, 3.05) is 0 Å². The Balaban J connectivity index is 2.21. The van der Waals surface area contributed by atoms with Gasteiger partial charge in [0.1, 0.15) is 0 Å². The summed E-state index contributed by atoms with van der Waals surface area (Å²) in [5.41, 5.74) is 2.79. The molecule has 0 radical (unpaired) electrons. The number of hydrogen-bond acceptors (Lipinski definition) is 1. The number of alkyl halides is 3. The molecule has 0 aliphatic heterocycles. The first-order chi connectivity index (χ1) is 11.3. The number of rotatable bonds is 6. The minimum Gasteiger partial charge on any atom is -0.481 e. The number of hydrogen-bond donors (Lipinski definition) is 1. The fourth-order valence-electron chi connectivity index (χ4n) is 2.55. The van der Waals surface area contributed by atoms with E-state index in [0.717, 1.165) is 16.7 Å². The van der Waals surface area contributed by atoms with Crippen molar-refractivity contribution in [2.24, 2.45) is 0 Å². The van der Waals surface area contributed by atoms with Crippen molar-refractivity contribution in [3.05, 3.63) is 70.2 Å². The number of carboxylic acids is 1. The molecular formula is C18H16Cl4O2. The Hall–Kier alpha value is -0.930. The average Bonchev–Trinajstić information content (AvgIpc) is 2.49. The molecule has 2 aromatic carbocycles. The molecule has 24 heavy (non-hydrogen) atoms. The quantitative estimate of drug-likeness (QED) is 0.576. The molecule has 1 atom stereocenters. The maximum absolute atomic E-state index is 10.6. The van der Waals surface area contributed by atoms with E-state index >= 15 is 0 Å². The van der Waals surface area contributed by atoms with Crippen molar-refractivity contribution in [1.82, 2.24) is 0 Å². The van der Waals surface area contributed by atoms with E-state index in [1.807, 2.05) is 36.4 Å². The highest BCUT2D eigenvalue weighted by Crippen LogP contribution is 2.45. The van der Waals surface area contributed by atoms with Crippen molar-refractivity contribution in [1.29, 1.82) is 0 Å². The van der Waals surface area contributed by atoms with Gasteiger partial charge in [0.2, 0.25) is 3.79 Å². The van der Waals surface area contributed by atoms with Gasteiger partial charge < -0.3 is 5.11 Å². The van der Waals surface area contributed by atoms with Gasteiger partial charge in [0.25, 0.3) is 0 Å². The highest BCUT2D eigenvalue weighted by atomic mass is 35.6. The first kappa shape index (κ1) is 19.4. The van der Waals surface area contributed by atoms with Crippen LogP contribution in [0.15, 0.2) is 48.5 Å². The lowest BCUT2D eigenvalue weighted by molar-refractivity contribution is -0.137. The largest absolute Gasteiger partial charge is 0.481 e. The fourth-order valence-corrected chi connectivity index (χ4v) is 3.43. The average molecular weight is 406 g/mol. The van der Waals surface area contributed by atoms with Gasteiger partial charge in [-0.25, -0.2) is 0 Å². The van der Waals surface area contributed by atoms with Crippen LogP contribution in [0.3, 0.4) is 0 Å². The Morgan fingerprint density at radius 3 is 1.92 bits per heavy atom. The molecule has 0 spiro atoms. The van der Waals surface area contributed by atoms with Crippen molar-refractivity contribution in [3.63, 3.8) is 0 Å². The second-order valence-electron chi connectivity index (χ2n) is 5.52. The Morgan fingerprint density at radius 2 is 1.46 bits per heavy atom. The number of carbonyl (C=O) groups is 1. The van der Waals surface area contributed by atoms with Gasteiger partial charge in [-0.2, -0.15) is 0 Å². The third-order valence-electron chi connectivity index (χ3n) is 3.70. The van der Waals surface area contributed by atoms with E-state index in [1.165, 1.54) is 0 Å². The highest BCUT2D eigenvalue weighted by molar-refractivity contribution is 6.68. The molecule has 128 valence electrons. The Morgan fingerprint density at radius 1 is 0.958 bits per heavy atom. The fraction of sp³-hybridized carbons (Fsp3) is 0.278. The summed E-state index contributed by atoms with van der Waals surface area (Å²) in [6, 6.07) is 14.9. The number of benzene rings is 2. The molecule has 0 fully saturated rings. The number of halogens is 4. The molecule has 2 nitrogen and oxygen atoms in total. The maximum Gasteiger partial charge on any atom is 0.303 e. The lowest BCUT2D eigenvalue weighted by atomic mass is 9.91. The molecule has 0 heterocycles. The van der Waals surface area contributed by atoms with Crippen LogP contribution < -0.4 is 0 Å². The van der Waals surface area contributed by atoms with Crippen LogP contribution in [0.1, 0.15) is 35.4 Å². The number of aryl methyl sites for hydroxylation is 1. The molecule has 1 N–H and O–H groups in total. The molecule has 0 bridgehead atoms. The molecule has 0 saturated heterocycles. The van der Waals surface area contributed by atoms with Crippen molar-refractivity contribution >= 4 is 52.4 Å². The van der Waals surface area contributed by atoms with Gasteiger partial charge in [0.05, 0.1) is 5.92 Å². The summed E-state index contributed by atoms with van der Waals surface area (Å²) >= 11 is 24.5. The molecule has 0 aliphatic rings. The lowest BCUT2D eigenvalue weighted by Gasteiger charge is -2.25. The molecule has 2 aromatic rings. The van der Waals surface area contributed by atoms with Gasteiger partial charge in [0.15, 0.2) is 0 Å². The molecule has 0 aromatic heterocycles. The molecule has 0 aliphatic carbocycles. The van der Waals surface area contributed by atoms with E-state index in [9.17, 15) is 4.79 Å². The third-order valence-corrected chi connectivity index (χ3v) is 4.61. The van der Waals surface area contributed by atoms with Crippen LogP contribution in [0.4, 0.5) is 0 Å². The predicted octanol–water partition coefficient (Wildman–Crippen LogP) is 6.25. The van der Waals surface area contributed by atoms with E-state index < -0.39 is 15.7 Å². The van der Waals surface area contributed by atoms with Crippen LogP contribution in [0.5, 0.6) is 0 Å². The summed E-state index contributed by atoms with van der Waals surface area (Å²) in [5.74, 6) is -1.21. The number of aliphatic carboxylic acids is 1. The third kappa shape index (κ3) is 5.56. The first-order valence-corrected chi connectivity index (χ1v) is 8.91. The molecule has 0 amide bonds. The lowest BCUT2D eigenvalue weighted by Crippen LogP contribution is -2.18. The van der Waals surface area contributed by atoms with Crippen molar-refractivity contribution < 1.29 is 9.90 Å². The topological polar surface area (TPSA) is 37.3 Å². The zero-order valence-corrected chi connectivity index (χ0v) is 15.7. The summed E-state index contributed by atoms with van der Waals surface area (Å²) in [5, 5.41) is 9.31. The molecule has 1 unspecified atom stereocenters. The van der Waals surface area contributed by atoms with Gasteiger partial charge in [0, 0.05) is 11.4 Å². The van der Waals surface area contributed by atoms with Crippen LogP contribution >= 0.6 is 46.4 Å². The van der Waals surface area contributed by atoms with Crippen LogP contribution in [-0.2, 0) is 11.2 Å². The van der Waals surface area contributed by atoms with Crippen molar-refractivity contribution in [3.8, 4) is 0 Å². The van der Waals surface area contributed by atoms with E-state index in [2.05, 4.69) is 0 Å². The minimum absolute atomic E-state index is 0.156. The summed E-state index contributed by atoms with van der Waals surface area (Å²) in [6.45, 7) is 0. The number of carboxylic acid groups (broad SMARTS) is 1. The standard InChI is InChI=1S/C18H16Cl4O2/c19-15-10-8-14(9-11-15)17(18(20,21)22)13-6-4-12(5-7-13)2-1-3-16(23)24/h4-11,17H,1-3H2,(H,23,24). The predicted molar refractivity (Wildman–Crippen MR) is 101 cm³/mol. The van der Waals surface area contributed by atoms with E-state index in [-0.39, 0.29) is 6.42 Å².